The summed E-state index contributed by atoms with van der Waals surface area (Å²) in [6.45, 7) is 4.91. The highest BCUT2D eigenvalue weighted by Gasteiger charge is 2.14. The highest BCUT2D eigenvalue weighted by molar-refractivity contribution is 9.10. The van der Waals surface area contributed by atoms with Gasteiger partial charge in [0.05, 0.1) is 18.8 Å². The molecule has 0 amide bonds. The molecule has 2 rings (SSSR count). The zero-order valence-electron chi connectivity index (χ0n) is 12.7. The molecule has 1 atom stereocenters. The van der Waals surface area contributed by atoms with E-state index in [2.05, 4.69) is 64.3 Å². The van der Waals surface area contributed by atoms with Crippen LogP contribution in [-0.2, 0) is 0 Å². The molecule has 0 aliphatic rings. The molecule has 0 aliphatic heterocycles. The van der Waals surface area contributed by atoms with E-state index in [1.54, 1.807) is 6.20 Å². The number of halogens is 1. The second-order valence-corrected chi connectivity index (χ2v) is 6.00. The average Bonchev–Trinajstić information content (AvgIpc) is 2.45. The first-order chi connectivity index (χ1) is 10.1. The fourth-order valence-corrected chi connectivity index (χ4v) is 2.97. The number of hydrogen-bond acceptors (Lipinski definition) is 3. The Morgan fingerprint density at radius 2 is 2.00 bits per heavy atom. The lowest BCUT2D eigenvalue weighted by molar-refractivity contribution is 0.315. The number of hydrogen-bond donors (Lipinski definition) is 1. The smallest absolute Gasteiger partial charge is 0.137 e. The van der Waals surface area contributed by atoms with Crippen molar-refractivity contribution in [3.8, 4) is 5.75 Å². The number of rotatable bonds is 6. The summed E-state index contributed by atoms with van der Waals surface area (Å²) in [7, 11) is 1.96. The zero-order valence-corrected chi connectivity index (χ0v) is 14.3. The van der Waals surface area contributed by atoms with Crippen LogP contribution in [0, 0.1) is 6.92 Å². The van der Waals surface area contributed by atoms with Gasteiger partial charge in [0.1, 0.15) is 5.75 Å². The van der Waals surface area contributed by atoms with E-state index in [1.165, 1.54) is 11.1 Å². The van der Waals surface area contributed by atoms with Gasteiger partial charge in [-0.05, 0) is 55.3 Å². The van der Waals surface area contributed by atoms with Gasteiger partial charge < -0.3 is 10.1 Å². The van der Waals surface area contributed by atoms with Crippen LogP contribution < -0.4 is 10.1 Å². The van der Waals surface area contributed by atoms with E-state index >= 15 is 0 Å². The molecule has 1 unspecified atom stereocenters. The lowest BCUT2D eigenvalue weighted by atomic mass is 9.99. The van der Waals surface area contributed by atoms with Gasteiger partial charge in [0, 0.05) is 10.7 Å². The van der Waals surface area contributed by atoms with E-state index in [4.69, 9.17) is 4.74 Å². The second-order valence-electron chi connectivity index (χ2n) is 5.09. The predicted octanol–water partition coefficient (Wildman–Crippen LogP) is 4.25. The first kappa shape index (κ1) is 16.0. The van der Waals surface area contributed by atoms with E-state index in [0.29, 0.717) is 6.61 Å². The van der Waals surface area contributed by atoms with Gasteiger partial charge in [-0.2, -0.15) is 0 Å². The van der Waals surface area contributed by atoms with Crippen LogP contribution >= 0.6 is 15.9 Å². The number of nitrogens with zero attached hydrogens (tertiary/aromatic N) is 1. The monoisotopic (exact) mass is 348 g/mol. The van der Waals surface area contributed by atoms with Crippen LogP contribution in [0.5, 0.6) is 5.75 Å². The lowest BCUT2D eigenvalue weighted by Crippen LogP contribution is -2.18. The predicted molar refractivity (Wildman–Crippen MR) is 89.8 cm³/mol. The van der Waals surface area contributed by atoms with Crippen molar-refractivity contribution in [1.29, 1.82) is 0 Å². The fraction of sp³-hybridized carbons (Fsp3) is 0.353. The number of benzene rings is 1. The summed E-state index contributed by atoms with van der Waals surface area (Å²) in [5.41, 5.74) is 3.54. The third-order valence-corrected chi connectivity index (χ3v) is 3.68. The molecule has 1 heterocycles. The van der Waals surface area contributed by atoms with Gasteiger partial charge in [0.25, 0.3) is 0 Å². The summed E-state index contributed by atoms with van der Waals surface area (Å²) in [5.74, 6) is 0.821. The van der Waals surface area contributed by atoms with Crippen molar-refractivity contribution in [2.45, 2.75) is 26.3 Å². The molecule has 0 saturated carbocycles. The van der Waals surface area contributed by atoms with Gasteiger partial charge in [-0.1, -0.05) is 28.9 Å². The minimum Gasteiger partial charge on any atom is -0.492 e. The molecular formula is C17H21BrN2O. The van der Waals surface area contributed by atoms with Crippen LogP contribution in [0.2, 0.25) is 0 Å². The van der Waals surface area contributed by atoms with Crippen molar-refractivity contribution in [3.63, 3.8) is 0 Å². The Morgan fingerprint density at radius 3 is 2.67 bits per heavy atom. The zero-order chi connectivity index (χ0) is 15.2. The number of nitrogens with one attached hydrogen (secondary N) is 1. The maximum Gasteiger partial charge on any atom is 0.137 e. The minimum absolute atomic E-state index is 0.0962. The van der Waals surface area contributed by atoms with Crippen molar-refractivity contribution < 1.29 is 4.74 Å². The van der Waals surface area contributed by atoms with Gasteiger partial charge in [-0.3, -0.25) is 4.98 Å². The van der Waals surface area contributed by atoms with Crippen molar-refractivity contribution >= 4 is 15.9 Å². The van der Waals surface area contributed by atoms with Crippen molar-refractivity contribution in [1.82, 2.24) is 10.3 Å². The Kier molecular flexibility index (Phi) is 5.76. The molecular weight excluding hydrogens is 328 g/mol. The molecule has 0 radical (unpaired) electrons. The Labute approximate surface area is 134 Å². The molecule has 1 N–H and O–H groups in total. The summed E-state index contributed by atoms with van der Waals surface area (Å²) in [5, 5.41) is 3.36. The van der Waals surface area contributed by atoms with Crippen LogP contribution in [0.25, 0.3) is 0 Å². The molecule has 0 spiro atoms. The van der Waals surface area contributed by atoms with Gasteiger partial charge in [0.2, 0.25) is 0 Å². The van der Waals surface area contributed by atoms with Crippen molar-refractivity contribution in [3.05, 3.63) is 57.8 Å². The van der Waals surface area contributed by atoms with E-state index in [9.17, 15) is 0 Å². The molecule has 0 bridgehead atoms. The molecule has 0 aliphatic carbocycles. The maximum atomic E-state index is 5.67. The van der Waals surface area contributed by atoms with Gasteiger partial charge in [0.15, 0.2) is 0 Å². The first-order valence-corrected chi connectivity index (χ1v) is 7.95. The molecule has 21 heavy (non-hydrogen) atoms. The Hall–Kier alpha value is -1.39. The third kappa shape index (κ3) is 4.29. The standard InChI is InChI=1S/C17H21BrN2O/c1-4-5-21-16-9-14(10-20-11-16)17(19-3)13-6-12(2)7-15(18)8-13/h6-11,17,19H,4-5H2,1-3H3. The maximum absolute atomic E-state index is 5.67. The van der Waals surface area contributed by atoms with Crippen LogP contribution in [0.4, 0.5) is 0 Å². The quantitative estimate of drug-likeness (QED) is 0.847. The van der Waals surface area contributed by atoms with E-state index < -0.39 is 0 Å². The van der Waals surface area contributed by atoms with Crippen LogP contribution in [0.1, 0.15) is 36.1 Å². The van der Waals surface area contributed by atoms with E-state index in [1.807, 2.05) is 13.2 Å². The highest BCUT2D eigenvalue weighted by atomic mass is 79.9. The molecule has 1 aromatic heterocycles. The van der Waals surface area contributed by atoms with Gasteiger partial charge in [-0.25, -0.2) is 0 Å². The Bertz CT molecular complexity index is 581. The van der Waals surface area contributed by atoms with Gasteiger partial charge >= 0.3 is 0 Å². The SMILES string of the molecule is CCCOc1cncc(C(NC)c2cc(C)cc(Br)c2)c1. The summed E-state index contributed by atoms with van der Waals surface area (Å²) in [4.78, 5) is 4.30. The molecule has 4 heteroatoms. The Balaban J connectivity index is 2.32. The lowest BCUT2D eigenvalue weighted by Gasteiger charge is -2.18. The van der Waals surface area contributed by atoms with Crippen molar-refractivity contribution in [2.24, 2.45) is 0 Å². The average molecular weight is 349 g/mol. The molecule has 2 aromatic rings. The summed E-state index contributed by atoms with van der Waals surface area (Å²) in [6, 6.07) is 8.58. The topological polar surface area (TPSA) is 34.1 Å². The number of aromatic nitrogens is 1. The van der Waals surface area contributed by atoms with Crippen LogP contribution in [0.3, 0.4) is 0 Å². The molecule has 0 saturated heterocycles. The molecule has 3 nitrogen and oxygen atoms in total. The molecule has 1 aromatic carbocycles. The summed E-state index contributed by atoms with van der Waals surface area (Å²) >= 11 is 3.56. The normalized spacial score (nSPS) is 12.2. The number of ether oxygens (including phenoxy) is 1. The van der Waals surface area contributed by atoms with E-state index in [0.717, 1.165) is 22.2 Å². The second kappa shape index (κ2) is 7.57. The summed E-state index contributed by atoms with van der Waals surface area (Å²) < 4.78 is 6.76. The Morgan fingerprint density at radius 1 is 1.19 bits per heavy atom. The fourth-order valence-electron chi connectivity index (χ4n) is 2.35. The van der Waals surface area contributed by atoms with Crippen molar-refractivity contribution in [2.75, 3.05) is 13.7 Å². The van der Waals surface area contributed by atoms with Crippen LogP contribution in [0.15, 0.2) is 41.1 Å². The first-order valence-electron chi connectivity index (χ1n) is 7.16. The number of aryl methyl sites for hydroxylation is 1. The molecule has 112 valence electrons. The summed E-state index contributed by atoms with van der Waals surface area (Å²) in [6.07, 6.45) is 4.64. The minimum atomic E-state index is 0.0962. The highest BCUT2D eigenvalue weighted by Crippen LogP contribution is 2.27. The van der Waals surface area contributed by atoms with Gasteiger partial charge in [-0.15, -0.1) is 0 Å². The van der Waals surface area contributed by atoms with E-state index in [-0.39, 0.29) is 6.04 Å². The van der Waals surface area contributed by atoms with Crippen LogP contribution in [-0.4, -0.2) is 18.6 Å². The molecule has 0 fully saturated rings. The third-order valence-electron chi connectivity index (χ3n) is 3.23. The number of pyridine rings is 1. The largest absolute Gasteiger partial charge is 0.492 e.